The van der Waals surface area contributed by atoms with Crippen LogP contribution >= 0.6 is 8.07 Å². The molecule has 1 aliphatic carbocycles. The van der Waals surface area contributed by atoms with Crippen LogP contribution in [0.1, 0.15) is 47.2 Å². The Balaban J connectivity index is 2.24. The van der Waals surface area contributed by atoms with Gasteiger partial charge in [0.15, 0.2) is 0 Å². The monoisotopic (exact) mass is 425 g/mol. The van der Waals surface area contributed by atoms with Crippen LogP contribution in [0.3, 0.4) is 0 Å². The van der Waals surface area contributed by atoms with Crippen molar-refractivity contribution < 1.29 is 18.0 Å². The van der Waals surface area contributed by atoms with Crippen LogP contribution in [0.2, 0.25) is 0 Å². The van der Waals surface area contributed by atoms with Gasteiger partial charge < -0.3 is 11.1 Å². The molecule has 1 saturated carbocycles. The van der Waals surface area contributed by atoms with E-state index in [1.54, 1.807) is 13.6 Å². The molecule has 1 amide bonds. The molecule has 2 atom stereocenters. The van der Waals surface area contributed by atoms with Gasteiger partial charge >= 0.3 is 6.18 Å². The summed E-state index contributed by atoms with van der Waals surface area (Å²) in [6, 6.07) is 2.88. The predicted molar refractivity (Wildman–Crippen MR) is 111 cm³/mol. The molecule has 6 nitrogen and oxygen atoms in total. The summed E-state index contributed by atoms with van der Waals surface area (Å²) in [4.78, 5) is 16.7. The van der Waals surface area contributed by atoms with Crippen LogP contribution in [0.5, 0.6) is 0 Å². The molecule has 10 heteroatoms. The maximum Gasteiger partial charge on any atom is 0.416 e. The number of carbonyl (C=O) groups excluding carboxylic acids is 1. The number of nitrogens with one attached hydrogen (secondary N) is 2. The SMILES string of the molecule is CC(NC(=O)c1cc(C2CC2)cc(C(F)(F)F)c1)/C(=N/C=N)P(C)/N=C/C=C\N. The van der Waals surface area contributed by atoms with E-state index in [1.807, 2.05) is 0 Å². The predicted octanol–water partition coefficient (Wildman–Crippen LogP) is 4.28. The average Bonchev–Trinajstić information content (AvgIpc) is 3.50. The van der Waals surface area contributed by atoms with Crippen LogP contribution in [-0.2, 0) is 6.18 Å². The third kappa shape index (κ3) is 6.49. The van der Waals surface area contributed by atoms with Crippen LogP contribution < -0.4 is 11.1 Å². The highest BCUT2D eigenvalue weighted by molar-refractivity contribution is 7.73. The fourth-order valence-corrected chi connectivity index (χ4v) is 3.98. The Bertz CT molecular complexity index is 847. The smallest absolute Gasteiger partial charge is 0.405 e. The molecule has 156 valence electrons. The first-order valence-electron chi connectivity index (χ1n) is 8.91. The van der Waals surface area contributed by atoms with Crippen molar-refractivity contribution in [3.8, 4) is 0 Å². The molecule has 0 aliphatic heterocycles. The summed E-state index contributed by atoms with van der Waals surface area (Å²) >= 11 is 0. The molecule has 0 heterocycles. The van der Waals surface area contributed by atoms with Crippen molar-refractivity contribution in [2.24, 2.45) is 15.5 Å². The van der Waals surface area contributed by atoms with Gasteiger partial charge in [0.1, 0.15) is 6.34 Å². The van der Waals surface area contributed by atoms with Crippen LogP contribution in [0, 0.1) is 5.41 Å². The zero-order chi connectivity index (χ0) is 21.6. The van der Waals surface area contributed by atoms with E-state index < -0.39 is 31.8 Å². The third-order valence-electron chi connectivity index (χ3n) is 4.29. The lowest BCUT2D eigenvalue weighted by Gasteiger charge is -2.19. The van der Waals surface area contributed by atoms with E-state index in [4.69, 9.17) is 11.1 Å². The van der Waals surface area contributed by atoms with Gasteiger partial charge in [0.05, 0.1) is 25.1 Å². The Morgan fingerprint density at radius 2 is 2.07 bits per heavy atom. The number of benzene rings is 1. The highest BCUT2D eigenvalue weighted by atomic mass is 31.1. The molecule has 0 radical (unpaired) electrons. The van der Waals surface area contributed by atoms with Gasteiger partial charge in [0.25, 0.3) is 5.91 Å². The topological polar surface area (TPSA) is 104 Å². The molecule has 2 unspecified atom stereocenters. The number of carbonyl (C=O) groups is 1. The van der Waals surface area contributed by atoms with Crippen molar-refractivity contribution >= 4 is 32.0 Å². The minimum absolute atomic E-state index is 0.0437. The molecular formula is C19H23F3N5OP. The fourth-order valence-electron chi connectivity index (χ4n) is 2.73. The number of hydrogen-bond acceptors (Lipinski definition) is 4. The number of aliphatic imine (C=N–C) groups is 1. The highest BCUT2D eigenvalue weighted by Crippen LogP contribution is 2.42. The Labute approximate surface area is 168 Å². The molecule has 1 aliphatic rings. The molecule has 1 fully saturated rings. The van der Waals surface area contributed by atoms with Gasteiger partial charge in [-0.3, -0.25) is 15.0 Å². The number of nitrogens with two attached hydrogens (primary N) is 1. The number of halogens is 3. The Morgan fingerprint density at radius 3 is 2.62 bits per heavy atom. The van der Waals surface area contributed by atoms with E-state index in [-0.39, 0.29) is 11.5 Å². The zero-order valence-corrected chi connectivity index (χ0v) is 17.0. The second-order valence-corrected chi connectivity index (χ2v) is 8.34. The normalized spacial score (nSPS) is 17.5. The molecule has 0 saturated heterocycles. The minimum atomic E-state index is -4.53. The van der Waals surface area contributed by atoms with E-state index >= 15 is 0 Å². The number of amides is 1. The van der Waals surface area contributed by atoms with Gasteiger partial charge in [-0.1, -0.05) is 0 Å². The summed E-state index contributed by atoms with van der Waals surface area (Å²) in [7, 11) is -1.16. The van der Waals surface area contributed by atoms with Crippen LogP contribution in [-0.4, -0.2) is 36.6 Å². The fraction of sp³-hybridized carbons (Fsp3) is 0.368. The quantitative estimate of drug-likeness (QED) is 0.329. The molecule has 4 N–H and O–H groups in total. The first-order chi connectivity index (χ1) is 13.7. The van der Waals surface area contributed by atoms with Gasteiger partial charge in [0.2, 0.25) is 0 Å². The van der Waals surface area contributed by atoms with E-state index in [2.05, 4.69) is 15.1 Å². The van der Waals surface area contributed by atoms with Crippen LogP contribution in [0.4, 0.5) is 13.2 Å². The molecule has 29 heavy (non-hydrogen) atoms. The number of rotatable bonds is 8. The lowest BCUT2D eigenvalue weighted by molar-refractivity contribution is -0.137. The second-order valence-electron chi connectivity index (χ2n) is 6.60. The van der Waals surface area contributed by atoms with E-state index in [0.717, 1.165) is 31.3 Å². The standard InChI is InChI=1S/C19H23F3N5OP/c1-12(18(25-11-24)29(2)26-7-3-6-23)27-17(28)15-8-14(13-4-5-13)9-16(10-15)19(20,21)22/h3,6-13,24H,4-5,23H2,1-2H3,(H,27,28)/b6-3-,24-11?,25-18-,26-7+. The Kier molecular flexibility index (Phi) is 7.67. The van der Waals surface area contributed by atoms with Crippen molar-refractivity contribution in [1.29, 1.82) is 5.41 Å². The van der Waals surface area contributed by atoms with Crippen molar-refractivity contribution in [2.45, 2.75) is 37.9 Å². The van der Waals surface area contributed by atoms with E-state index in [9.17, 15) is 18.0 Å². The van der Waals surface area contributed by atoms with Crippen molar-refractivity contribution in [2.75, 3.05) is 6.66 Å². The number of nitrogens with zero attached hydrogens (tertiary/aromatic N) is 2. The summed E-state index contributed by atoms with van der Waals surface area (Å²) in [5.41, 5.74) is 5.37. The summed E-state index contributed by atoms with van der Waals surface area (Å²) < 4.78 is 44.0. The number of alkyl halides is 3. The average molecular weight is 425 g/mol. The minimum Gasteiger partial charge on any atom is -0.405 e. The van der Waals surface area contributed by atoms with E-state index in [0.29, 0.717) is 11.0 Å². The first kappa shape index (κ1) is 22.7. The number of allylic oxidation sites excluding steroid dienone is 1. The van der Waals surface area contributed by atoms with Gasteiger partial charge in [0, 0.05) is 11.8 Å². The van der Waals surface area contributed by atoms with E-state index in [1.165, 1.54) is 24.6 Å². The largest absolute Gasteiger partial charge is 0.416 e. The van der Waals surface area contributed by atoms with Gasteiger partial charge in [-0.05, 0) is 68.4 Å². The first-order valence-corrected chi connectivity index (χ1v) is 10.7. The Hall–Kier alpha value is -2.54. The molecular weight excluding hydrogens is 402 g/mol. The zero-order valence-electron chi connectivity index (χ0n) is 16.1. The summed E-state index contributed by atoms with van der Waals surface area (Å²) in [6.45, 7) is 3.44. The van der Waals surface area contributed by atoms with Crippen LogP contribution in [0.15, 0.2) is 40.2 Å². The van der Waals surface area contributed by atoms with Gasteiger partial charge in [-0.25, -0.2) is 4.99 Å². The molecule has 0 spiro atoms. The summed E-state index contributed by atoms with van der Waals surface area (Å²) in [5, 5.41) is 9.91. The molecule has 1 aromatic carbocycles. The highest BCUT2D eigenvalue weighted by Gasteiger charge is 2.34. The lowest BCUT2D eigenvalue weighted by atomic mass is 10.0. The molecule has 2 rings (SSSR count). The van der Waals surface area contributed by atoms with Crippen LogP contribution in [0.25, 0.3) is 0 Å². The maximum atomic E-state index is 13.2. The van der Waals surface area contributed by atoms with Crippen molar-refractivity contribution in [3.05, 3.63) is 47.2 Å². The van der Waals surface area contributed by atoms with Crippen molar-refractivity contribution in [3.63, 3.8) is 0 Å². The Morgan fingerprint density at radius 1 is 1.38 bits per heavy atom. The molecule has 0 aromatic heterocycles. The second kappa shape index (κ2) is 9.78. The summed E-state index contributed by atoms with van der Waals surface area (Å²) in [6.07, 6.45) is 2.31. The van der Waals surface area contributed by atoms with Crippen molar-refractivity contribution in [1.82, 2.24) is 5.32 Å². The molecule has 1 aromatic rings. The van der Waals surface area contributed by atoms with Gasteiger partial charge in [-0.15, -0.1) is 0 Å². The number of hydrogen-bond donors (Lipinski definition) is 3. The van der Waals surface area contributed by atoms with Gasteiger partial charge in [-0.2, -0.15) is 13.2 Å². The third-order valence-corrected chi connectivity index (χ3v) is 5.94. The summed E-state index contributed by atoms with van der Waals surface area (Å²) in [5.74, 6) is -0.554. The maximum absolute atomic E-state index is 13.2. The lowest BCUT2D eigenvalue weighted by Crippen LogP contribution is -2.38. The molecule has 0 bridgehead atoms.